The Morgan fingerprint density at radius 1 is 1.30 bits per heavy atom. The number of halogens is 2. The summed E-state index contributed by atoms with van der Waals surface area (Å²) in [6.07, 6.45) is 0. The number of hydrogen-bond acceptors (Lipinski definition) is 4. The van der Waals surface area contributed by atoms with Gasteiger partial charge in [0.25, 0.3) is 0 Å². The molecule has 0 unspecified atom stereocenters. The van der Waals surface area contributed by atoms with Crippen LogP contribution in [0.15, 0.2) is 36.4 Å². The molecule has 0 aliphatic heterocycles. The Balaban J connectivity index is 2.47. The van der Waals surface area contributed by atoms with Crippen LogP contribution in [-0.4, -0.2) is 13.1 Å². The van der Waals surface area contributed by atoms with Crippen molar-refractivity contribution >= 4 is 45.8 Å². The Hall–Kier alpha value is -1.47. The molecule has 0 amide bonds. The quantitative estimate of drug-likeness (QED) is 0.476. The molecule has 0 bridgehead atoms. The molecule has 0 heterocycles. The van der Waals surface area contributed by atoms with Crippen molar-refractivity contribution in [3.05, 3.63) is 50.6 Å². The van der Waals surface area contributed by atoms with Crippen LogP contribution >= 0.6 is 34.2 Å². The molecule has 0 atom stereocenters. The number of ether oxygens (including phenoxy) is 2. The number of rotatable bonds is 3. The first-order chi connectivity index (χ1) is 9.51. The van der Waals surface area contributed by atoms with Crippen LogP contribution in [-0.2, 0) is 4.74 Å². The summed E-state index contributed by atoms with van der Waals surface area (Å²) in [7, 11) is 1.29. The number of carbonyl (C=O) groups is 1. The van der Waals surface area contributed by atoms with Crippen molar-refractivity contribution in [3.8, 4) is 11.5 Å². The van der Waals surface area contributed by atoms with Crippen LogP contribution in [0.4, 0.5) is 5.69 Å². The summed E-state index contributed by atoms with van der Waals surface area (Å²) in [6, 6.07) is 10.4. The SMILES string of the molecule is COC(=O)c1cc(N)cc(Cl)c1Oc1cccc(I)c1. The smallest absolute Gasteiger partial charge is 0.341 e. The largest absolute Gasteiger partial charge is 0.465 e. The summed E-state index contributed by atoms with van der Waals surface area (Å²) in [5.41, 5.74) is 6.25. The average molecular weight is 404 g/mol. The molecule has 0 saturated carbocycles. The van der Waals surface area contributed by atoms with Crippen LogP contribution in [0.25, 0.3) is 0 Å². The number of nitrogens with two attached hydrogens (primary N) is 1. The second kappa shape index (κ2) is 6.32. The van der Waals surface area contributed by atoms with Gasteiger partial charge in [-0.2, -0.15) is 0 Å². The molecule has 0 fully saturated rings. The van der Waals surface area contributed by atoms with E-state index in [0.717, 1.165) is 3.57 Å². The predicted octanol–water partition coefficient (Wildman–Crippen LogP) is 4.11. The van der Waals surface area contributed by atoms with Crippen molar-refractivity contribution in [3.63, 3.8) is 0 Å². The van der Waals surface area contributed by atoms with Gasteiger partial charge < -0.3 is 15.2 Å². The van der Waals surface area contributed by atoms with Gasteiger partial charge in [0.15, 0.2) is 5.75 Å². The normalized spacial score (nSPS) is 10.2. The molecule has 0 spiro atoms. The molecule has 0 saturated heterocycles. The summed E-state index contributed by atoms with van der Waals surface area (Å²) in [6.45, 7) is 0. The number of methoxy groups -OCH3 is 1. The summed E-state index contributed by atoms with van der Waals surface area (Å²) in [4.78, 5) is 11.8. The zero-order valence-electron chi connectivity index (χ0n) is 10.5. The van der Waals surface area contributed by atoms with Gasteiger partial charge in [-0.15, -0.1) is 0 Å². The average Bonchev–Trinajstić information content (AvgIpc) is 2.40. The number of nitrogen functional groups attached to an aromatic ring is 1. The van der Waals surface area contributed by atoms with Gasteiger partial charge in [0, 0.05) is 9.26 Å². The second-order valence-electron chi connectivity index (χ2n) is 3.93. The van der Waals surface area contributed by atoms with Crippen molar-refractivity contribution in [2.24, 2.45) is 0 Å². The van der Waals surface area contributed by atoms with E-state index in [1.54, 1.807) is 6.07 Å². The third-order valence-corrected chi connectivity index (χ3v) is 3.44. The first-order valence-electron chi connectivity index (χ1n) is 5.62. The van der Waals surface area contributed by atoms with E-state index in [9.17, 15) is 4.79 Å². The van der Waals surface area contributed by atoms with Crippen LogP contribution in [0.1, 0.15) is 10.4 Å². The van der Waals surface area contributed by atoms with E-state index in [2.05, 4.69) is 22.6 Å². The highest BCUT2D eigenvalue weighted by molar-refractivity contribution is 14.1. The minimum Gasteiger partial charge on any atom is -0.465 e. The van der Waals surface area contributed by atoms with Crippen molar-refractivity contribution in [2.75, 3.05) is 12.8 Å². The highest BCUT2D eigenvalue weighted by Gasteiger charge is 2.18. The Morgan fingerprint density at radius 3 is 2.70 bits per heavy atom. The minimum absolute atomic E-state index is 0.191. The molecule has 2 aromatic rings. The van der Waals surface area contributed by atoms with Crippen LogP contribution < -0.4 is 10.5 Å². The number of esters is 1. The standard InChI is InChI=1S/C14H11ClINO3/c1-19-14(18)11-6-9(17)7-12(15)13(11)20-10-4-2-3-8(16)5-10/h2-7H,17H2,1H3. The zero-order chi connectivity index (χ0) is 14.7. The Kier molecular flexibility index (Phi) is 4.72. The number of carbonyl (C=O) groups excluding carboxylic acids is 1. The molecule has 6 heteroatoms. The third-order valence-electron chi connectivity index (χ3n) is 2.49. The number of anilines is 1. The second-order valence-corrected chi connectivity index (χ2v) is 5.58. The Morgan fingerprint density at radius 2 is 2.05 bits per heavy atom. The van der Waals surface area contributed by atoms with Gasteiger partial charge in [-0.25, -0.2) is 4.79 Å². The number of hydrogen-bond donors (Lipinski definition) is 1. The van der Waals surface area contributed by atoms with Crippen LogP contribution in [0.2, 0.25) is 5.02 Å². The van der Waals surface area contributed by atoms with Crippen LogP contribution in [0, 0.1) is 3.57 Å². The molecule has 2 aromatic carbocycles. The summed E-state index contributed by atoms with van der Waals surface area (Å²) in [5.74, 6) is 0.253. The van der Waals surface area contributed by atoms with Crippen LogP contribution in [0.5, 0.6) is 11.5 Å². The first kappa shape index (κ1) is 14.9. The fraction of sp³-hybridized carbons (Fsp3) is 0.0714. The zero-order valence-corrected chi connectivity index (χ0v) is 13.4. The van der Waals surface area contributed by atoms with E-state index in [0.29, 0.717) is 11.4 Å². The van der Waals surface area contributed by atoms with Gasteiger partial charge in [-0.05, 0) is 52.9 Å². The number of benzene rings is 2. The predicted molar refractivity (Wildman–Crippen MR) is 86.4 cm³/mol. The lowest BCUT2D eigenvalue weighted by molar-refractivity contribution is 0.0598. The molecule has 2 rings (SSSR count). The van der Waals surface area contributed by atoms with E-state index in [-0.39, 0.29) is 16.3 Å². The van der Waals surface area contributed by atoms with Crippen molar-refractivity contribution in [1.82, 2.24) is 0 Å². The molecule has 0 aliphatic rings. The monoisotopic (exact) mass is 403 g/mol. The van der Waals surface area contributed by atoms with Gasteiger partial charge in [-0.3, -0.25) is 0 Å². The fourth-order valence-electron chi connectivity index (χ4n) is 1.63. The summed E-state index contributed by atoms with van der Waals surface area (Å²) >= 11 is 8.28. The Labute approximate surface area is 135 Å². The molecule has 4 nitrogen and oxygen atoms in total. The van der Waals surface area contributed by atoms with Crippen molar-refractivity contribution < 1.29 is 14.3 Å². The lowest BCUT2D eigenvalue weighted by Gasteiger charge is -2.12. The van der Waals surface area contributed by atoms with Gasteiger partial charge in [0.2, 0.25) is 0 Å². The van der Waals surface area contributed by atoms with E-state index in [4.69, 9.17) is 26.8 Å². The Bertz CT molecular complexity index is 661. The molecule has 0 radical (unpaired) electrons. The van der Waals surface area contributed by atoms with E-state index in [1.807, 2.05) is 18.2 Å². The lowest BCUT2D eigenvalue weighted by Crippen LogP contribution is -2.05. The molecule has 0 aromatic heterocycles. The maximum atomic E-state index is 11.8. The van der Waals surface area contributed by atoms with Gasteiger partial charge >= 0.3 is 5.97 Å². The molecule has 2 N–H and O–H groups in total. The first-order valence-corrected chi connectivity index (χ1v) is 7.07. The molecular formula is C14H11ClINO3. The molecule has 0 aliphatic carbocycles. The highest BCUT2D eigenvalue weighted by Crippen LogP contribution is 2.35. The maximum Gasteiger partial charge on any atom is 0.341 e. The van der Waals surface area contributed by atoms with E-state index in [1.165, 1.54) is 19.2 Å². The lowest BCUT2D eigenvalue weighted by atomic mass is 10.1. The van der Waals surface area contributed by atoms with Gasteiger partial charge in [-0.1, -0.05) is 17.7 Å². The van der Waals surface area contributed by atoms with Gasteiger partial charge in [0.05, 0.1) is 12.1 Å². The minimum atomic E-state index is -0.556. The van der Waals surface area contributed by atoms with E-state index >= 15 is 0 Å². The summed E-state index contributed by atoms with van der Waals surface area (Å²) in [5, 5.41) is 0.254. The summed E-state index contributed by atoms with van der Waals surface area (Å²) < 4.78 is 11.4. The van der Waals surface area contributed by atoms with Gasteiger partial charge in [0.1, 0.15) is 11.3 Å². The topological polar surface area (TPSA) is 61.5 Å². The highest BCUT2D eigenvalue weighted by atomic mass is 127. The molecule has 104 valence electrons. The maximum absolute atomic E-state index is 11.8. The van der Waals surface area contributed by atoms with E-state index < -0.39 is 5.97 Å². The fourth-order valence-corrected chi connectivity index (χ4v) is 2.41. The third kappa shape index (κ3) is 3.34. The molecule has 20 heavy (non-hydrogen) atoms. The van der Waals surface area contributed by atoms with Crippen molar-refractivity contribution in [2.45, 2.75) is 0 Å². The molecular weight excluding hydrogens is 393 g/mol. The van der Waals surface area contributed by atoms with Crippen molar-refractivity contribution in [1.29, 1.82) is 0 Å². The van der Waals surface area contributed by atoms with Crippen LogP contribution in [0.3, 0.4) is 0 Å².